The summed E-state index contributed by atoms with van der Waals surface area (Å²) in [5.41, 5.74) is 2.97. The highest BCUT2D eigenvalue weighted by atomic mass is 32.2. The van der Waals surface area contributed by atoms with E-state index in [1.807, 2.05) is 24.3 Å². The molecule has 0 radical (unpaired) electrons. The van der Waals surface area contributed by atoms with Crippen molar-refractivity contribution in [2.45, 2.75) is 76.3 Å². The van der Waals surface area contributed by atoms with E-state index in [0.29, 0.717) is 23.2 Å². The van der Waals surface area contributed by atoms with Gasteiger partial charge in [0.25, 0.3) is 0 Å². The summed E-state index contributed by atoms with van der Waals surface area (Å²) in [5, 5.41) is 25.6. The first kappa shape index (κ1) is 29.2. The monoisotopic (exact) mass is 570 g/mol. The SMILES string of the molecule is C[C@@H]1[C@@H](NC(=O)[C@@H]2[C@H]([C@H](C)O)[C@H](CO)ON2Cc2cccc(-c3ccc(S(C)(=O)=O)cc3)c2)C[C@@H]2C[C@H]1C2(C)C. The van der Waals surface area contributed by atoms with Crippen molar-refractivity contribution in [3.8, 4) is 11.1 Å². The molecule has 3 N–H and O–H groups in total. The fraction of sp³-hybridized carbons (Fsp3) is 0.581. The van der Waals surface area contributed by atoms with Crippen molar-refractivity contribution in [2.75, 3.05) is 12.9 Å². The zero-order valence-electron chi connectivity index (χ0n) is 23.9. The molecule has 1 amide bonds. The summed E-state index contributed by atoms with van der Waals surface area (Å²) in [5.74, 6) is 0.789. The van der Waals surface area contributed by atoms with E-state index in [1.54, 1.807) is 36.3 Å². The van der Waals surface area contributed by atoms with Crippen LogP contribution in [0.15, 0.2) is 53.4 Å². The quantitative estimate of drug-likeness (QED) is 0.445. The summed E-state index contributed by atoms with van der Waals surface area (Å²) in [6, 6.07) is 13.8. The summed E-state index contributed by atoms with van der Waals surface area (Å²) in [6.07, 6.45) is 1.80. The van der Waals surface area contributed by atoms with E-state index in [0.717, 1.165) is 23.1 Å². The van der Waals surface area contributed by atoms with E-state index < -0.39 is 34.0 Å². The minimum Gasteiger partial charge on any atom is -0.394 e. The number of aliphatic hydroxyl groups is 2. The van der Waals surface area contributed by atoms with Crippen molar-refractivity contribution in [3.05, 3.63) is 54.1 Å². The Hall–Kier alpha value is -2.30. The van der Waals surface area contributed by atoms with E-state index in [1.165, 1.54) is 12.7 Å². The van der Waals surface area contributed by atoms with Gasteiger partial charge in [0.1, 0.15) is 12.1 Å². The number of rotatable bonds is 8. The van der Waals surface area contributed by atoms with E-state index in [9.17, 15) is 23.4 Å². The first-order chi connectivity index (χ1) is 18.8. The number of nitrogens with zero attached hydrogens (tertiary/aromatic N) is 1. The maximum atomic E-state index is 13.8. The Balaban J connectivity index is 1.36. The smallest absolute Gasteiger partial charge is 0.240 e. The molecule has 1 aliphatic heterocycles. The van der Waals surface area contributed by atoms with Crippen molar-refractivity contribution in [3.63, 3.8) is 0 Å². The number of carbonyl (C=O) groups is 1. The molecule has 6 rings (SSSR count). The average molecular weight is 571 g/mol. The van der Waals surface area contributed by atoms with Crippen molar-refractivity contribution < 1.29 is 28.3 Å². The topological polar surface area (TPSA) is 116 Å². The van der Waals surface area contributed by atoms with Crippen molar-refractivity contribution >= 4 is 15.7 Å². The van der Waals surface area contributed by atoms with Gasteiger partial charge >= 0.3 is 0 Å². The van der Waals surface area contributed by atoms with Crippen LogP contribution in [0.3, 0.4) is 0 Å². The number of hydrogen-bond acceptors (Lipinski definition) is 7. The standard InChI is InChI=1S/C31H42N2O6S/c1-18-25-14-23(31(25,3)4)15-26(18)32-30(36)29-28(19(2)35)27(17-34)39-33(29)16-20-7-6-8-22(13-20)21-9-11-24(12-10-21)40(5,37)38/h6-13,18-19,23,25-29,34-35H,14-17H2,1-5H3,(H,32,36)/t18-,19-,23-,25+,26-,27-,28+,29-/m0/s1. The van der Waals surface area contributed by atoms with Gasteiger partial charge in [-0.3, -0.25) is 9.63 Å². The van der Waals surface area contributed by atoms with Crippen LogP contribution in [-0.2, 0) is 26.0 Å². The minimum absolute atomic E-state index is 0.0761. The van der Waals surface area contributed by atoms with Crippen LogP contribution in [0.1, 0.15) is 46.1 Å². The van der Waals surface area contributed by atoms with Crippen LogP contribution >= 0.6 is 0 Å². The number of aliphatic hydroxyl groups excluding tert-OH is 2. The van der Waals surface area contributed by atoms with Crippen LogP contribution < -0.4 is 5.32 Å². The Kier molecular flexibility index (Phi) is 7.91. The first-order valence-corrected chi connectivity index (χ1v) is 16.1. The Labute approximate surface area is 237 Å². The molecule has 8 atom stereocenters. The summed E-state index contributed by atoms with van der Waals surface area (Å²) in [4.78, 5) is 20.2. The zero-order chi connectivity index (χ0) is 29.0. The van der Waals surface area contributed by atoms with Crippen LogP contribution in [0.25, 0.3) is 11.1 Å². The lowest BCUT2D eigenvalue weighted by molar-refractivity contribution is -0.183. The zero-order valence-corrected chi connectivity index (χ0v) is 24.8. The average Bonchev–Trinajstić information content (AvgIpc) is 3.27. The lowest BCUT2D eigenvalue weighted by atomic mass is 9.45. The van der Waals surface area contributed by atoms with Crippen molar-refractivity contribution in [1.29, 1.82) is 0 Å². The van der Waals surface area contributed by atoms with Crippen LogP contribution in [0.2, 0.25) is 0 Å². The second-order valence-corrected chi connectivity index (χ2v) is 14.7. The Morgan fingerprint density at radius 1 is 1.15 bits per heavy atom. The molecule has 2 aromatic rings. The predicted molar refractivity (Wildman–Crippen MR) is 153 cm³/mol. The van der Waals surface area contributed by atoms with Gasteiger partial charge in [-0.25, -0.2) is 8.42 Å². The van der Waals surface area contributed by atoms with E-state index in [2.05, 4.69) is 26.1 Å². The van der Waals surface area contributed by atoms with Crippen LogP contribution in [-0.4, -0.2) is 66.8 Å². The molecule has 1 saturated heterocycles. The number of carbonyl (C=O) groups excluding carboxylic acids is 1. The molecule has 9 heteroatoms. The van der Waals surface area contributed by atoms with E-state index in [4.69, 9.17) is 4.84 Å². The number of hydroxylamine groups is 2. The molecular weight excluding hydrogens is 528 g/mol. The number of fused-ring (bicyclic) bond motifs is 2. The summed E-state index contributed by atoms with van der Waals surface area (Å²) in [7, 11) is -3.28. The lowest BCUT2D eigenvalue weighted by Crippen LogP contribution is -2.62. The summed E-state index contributed by atoms with van der Waals surface area (Å²) < 4.78 is 23.7. The molecule has 218 valence electrons. The molecule has 0 aromatic heterocycles. The van der Waals surface area contributed by atoms with Gasteiger partial charge in [-0.05, 0) is 77.8 Å². The Bertz CT molecular complexity index is 1340. The lowest BCUT2D eigenvalue weighted by Gasteiger charge is -2.62. The molecule has 0 spiro atoms. The van der Waals surface area contributed by atoms with Crippen LogP contribution in [0, 0.1) is 29.1 Å². The molecule has 40 heavy (non-hydrogen) atoms. The maximum Gasteiger partial charge on any atom is 0.240 e. The highest BCUT2D eigenvalue weighted by Gasteiger charge is 2.57. The summed E-state index contributed by atoms with van der Waals surface area (Å²) in [6.45, 7) is 8.51. The molecule has 1 heterocycles. The third-order valence-electron chi connectivity index (χ3n) is 9.94. The molecule has 8 nitrogen and oxygen atoms in total. The molecule has 3 aliphatic carbocycles. The van der Waals surface area contributed by atoms with Crippen molar-refractivity contribution in [2.24, 2.45) is 29.1 Å². The predicted octanol–water partition coefficient (Wildman–Crippen LogP) is 3.42. The molecule has 3 saturated carbocycles. The number of benzene rings is 2. The fourth-order valence-corrected chi connectivity index (χ4v) is 8.04. The highest BCUT2D eigenvalue weighted by Crippen LogP contribution is 2.61. The number of nitrogens with one attached hydrogen (secondary N) is 1. The molecule has 0 unspecified atom stereocenters. The molecule has 4 fully saturated rings. The van der Waals surface area contributed by atoms with Gasteiger partial charge in [0.2, 0.25) is 5.91 Å². The third-order valence-corrected chi connectivity index (χ3v) is 11.1. The number of amides is 1. The van der Waals surface area contributed by atoms with Gasteiger partial charge in [0.15, 0.2) is 9.84 Å². The second kappa shape index (κ2) is 10.8. The van der Waals surface area contributed by atoms with E-state index >= 15 is 0 Å². The minimum atomic E-state index is -3.28. The third kappa shape index (κ3) is 5.34. The van der Waals surface area contributed by atoms with Crippen LogP contribution in [0.5, 0.6) is 0 Å². The van der Waals surface area contributed by atoms with E-state index in [-0.39, 0.29) is 30.0 Å². The van der Waals surface area contributed by atoms with Gasteiger partial charge in [-0.2, -0.15) is 5.06 Å². The van der Waals surface area contributed by atoms with Crippen molar-refractivity contribution in [1.82, 2.24) is 10.4 Å². The number of hydrogen-bond donors (Lipinski definition) is 3. The Morgan fingerprint density at radius 3 is 2.42 bits per heavy atom. The highest BCUT2D eigenvalue weighted by molar-refractivity contribution is 7.90. The molecule has 4 aliphatic rings. The fourth-order valence-electron chi connectivity index (χ4n) is 7.41. The first-order valence-electron chi connectivity index (χ1n) is 14.2. The van der Waals surface area contributed by atoms with Gasteiger partial charge in [0, 0.05) is 18.2 Å². The number of sulfone groups is 1. The molecule has 2 aromatic carbocycles. The summed E-state index contributed by atoms with van der Waals surface area (Å²) >= 11 is 0. The second-order valence-electron chi connectivity index (χ2n) is 12.7. The Morgan fingerprint density at radius 2 is 1.85 bits per heavy atom. The largest absolute Gasteiger partial charge is 0.394 e. The normalized spacial score (nSPS) is 32.3. The van der Waals surface area contributed by atoms with Gasteiger partial charge in [-0.1, -0.05) is 51.1 Å². The molecular formula is C31H42N2O6S. The van der Waals surface area contributed by atoms with Gasteiger partial charge in [-0.15, -0.1) is 0 Å². The van der Waals surface area contributed by atoms with Gasteiger partial charge < -0.3 is 15.5 Å². The van der Waals surface area contributed by atoms with Crippen LogP contribution in [0.4, 0.5) is 0 Å². The molecule has 2 bridgehead atoms. The van der Waals surface area contributed by atoms with Gasteiger partial charge in [0.05, 0.1) is 24.2 Å². The maximum absolute atomic E-state index is 13.8.